The molecule has 8 heteroatoms. The Kier molecular flexibility index (Phi) is 5.32. The fraction of sp³-hybridized carbons (Fsp3) is 0.0667. The fourth-order valence-electron chi connectivity index (χ4n) is 1.57. The second kappa shape index (κ2) is 7.41. The summed E-state index contributed by atoms with van der Waals surface area (Å²) in [6.45, 7) is 1.85. The smallest absolute Gasteiger partial charge is 0.358 e. The summed E-state index contributed by atoms with van der Waals surface area (Å²) in [7, 11) is -4.01. The number of rotatable bonds is 5. The van der Waals surface area contributed by atoms with Gasteiger partial charge in [-0.05, 0) is 29.8 Å². The third-order valence-corrected chi connectivity index (χ3v) is 3.86. The standard InChI is InChI=1S/C15H16N4O3S/c1-12-7-9-14(10-8-12)23(20,21)22-19-15(16)18-17-11-13-5-3-2-4-6-13/h2-11H,1H3,(H3,16,18,19). The van der Waals surface area contributed by atoms with Crippen molar-refractivity contribution in [3.8, 4) is 0 Å². The van der Waals surface area contributed by atoms with Crippen molar-refractivity contribution in [3.05, 3.63) is 65.7 Å². The van der Waals surface area contributed by atoms with E-state index in [1.807, 2.05) is 37.3 Å². The lowest BCUT2D eigenvalue weighted by Gasteiger charge is -2.03. The Morgan fingerprint density at radius 3 is 2.43 bits per heavy atom. The Morgan fingerprint density at radius 1 is 1.13 bits per heavy atom. The van der Waals surface area contributed by atoms with Gasteiger partial charge in [-0.15, -0.1) is 0 Å². The maximum absolute atomic E-state index is 11.9. The van der Waals surface area contributed by atoms with Crippen molar-refractivity contribution in [1.82, 2.24) is 5.43 Å². The minimum Gasteiger partial charge on any atom is -0.366 e. The number of hydrogen-bond donors (Lipinski definition) is 2. The van der Waals surface area contributed by atoms with Gasteiger partial charge in [-0.1, -0.05) is 48.0 Å². The van der Waals surface area contributed by atoms with E-state index < -0.39 is 10.1 Å². The van der Waals surface area contributed by atoms with Crippen LogP contribution in [0.1, 0.15) is 11.1 Å². The van der Waals surface area contributed by atoms with Crippen LogP contribution in [0.15, 0.2) is 69.7 Å². The molecule has 0 aliphatic rings. The predicted molar refractivity (Wildman–Crippen MR) is 88.2 cm³/mol. The molecule has 0 aliphatic carbocycles. The van der Waals surface area contributed by atoms with Gasteiger partial charge < -0.3 is 5.73 Å². The molecule has 0 radical (unpaired) electrons. The Bertz CT molecular complexity index is 800. The van der Waals surface area contributed by atoms with Crippen molar-refractivity contribution in [1.29, 1.82) is 0 Å². The van der Waals surface area contributed by atoms with Crippen LogP contribution in [0.5, 0.6) is 0 Å². The number of aryl methyl sites for hydroxylation is 1. The van der Waals surface area contributed by atoms with Crippen molar-refractivity contribution in [2.45, 2.75) is 11.8 Å². The van der Waals surface area contributed by atoms with Crippen LogP contribution in [0.2, 0.25) is 0 Å². The summed E-state index contributed by atoms with van der Waals surface area (Å²) in [6.07, 6.45) is 1.51. The van der Waals surface area contributed by atoms with E-state index in [0.29, 0.717) is 0 Å². The van der Waals surface area contributed by atoms with Gasteiger partial charge in [0.2, 0.25) is 0 Å². The van der Waals surface area contributed by atoms with Crippen molar-refractivity contribution in [3.63, 3.8) is 0 Å². The molecule has 0 unspecified atom stereocenters. The molecule has 2 rings (SSSR count). The summed E-state index contributed by atoms with van der Waals surface area (Å²) in [5, 5.41) is 7.13. The highest BCUT2D eigenvalue weighted by Crippen LogP contribution is 2.13. The number of guanidine groups is 1. The Balaban J connectivity index is 1.96. The first-order chi connectivity index (χ1) is 11.0. The summed E-state index contributed by atoms with van der Waals surface area (Å²) >= 11 is 0. The maximum Gasteiger partial charge on any atom is 0.358 e. The lowest BCUT2D eigenvalue weighted by atomic mass is 10.2. The highest BCUT2D eigenvalue weighted by atomic mass is 32.2. The molecule has 2 aromatic carbocycles. The largest absolute Gasteiger partial charge is 0.366 e. The van der Waals surface area contributed by atoms with Crippen LogP contribution in [0.4, 0.5) is 0 Å². The van der Waals surface area contributed by atoms with Crippen LogP contribution >= 0.6 is 0 Å². The summed E-state index contributed by atoms with van der Waals surface area (Å²) in [4.78, 5) is -0.00700. The van der Waals surface area contributed by atoms with E-state index in [1.165, 1.54) is 18.3 Å². The molecule has 0 saturated carbocycles. The summed E-state index contributed by atoms with van der Waals surface area (Å²) in [6, 6.07) is 15.5. The zero-order valence-corrected chi connectivity index (χ0v) is 13.2. The normalized spacial score (nSPS) is 12.3. The Hall–Kier alpha value is -2.87. The topological polar surface area (TPSA) is 106 Å². The monoisotopic (exact) mass is 332 g/mol. The van der Waals surface area contributed by atoms with Gasteiger partial charge in [0, 0.05) is 0 Å². The fourth-order valence-corrected chi connectivity index (χ4v) is 2.30. The molecule has 0 atom stereocenters. The summed E-state index contributed by atoms with van der Waals surface area (Å²) < 4.78 is 28.3. The molecule has 0 heterocycles. The molecule has 2 aromatic rings. The third kappa shape index (κ3) is 5.11. The van der Waals surface area contributed by atoms with E-state index in [2.05, 4.69) is 20.0 Å². The Morgan fingerprint density at radius 2 is 1.78 bits per heavy atom. The van der Waals surface area contributed by atoms with Crippen LogP contribution in [0, 0.1) is 6.92 Å². The van der Waals surface area contributed by atoms with Gasteiger partial charge in [-0.25, -0.2) is 5.43 Å². The molecule has 0 aromatic heterocycles. The molecule has 0 amide bonds. The molecule has 23 heavy (non-hydrogen) atoms. The van der Waals surface area contributed by atoms with Gasteiger partial charge in [-0.2, -0.15) is 13.5 Å². The van der Waals surface area contributed by atoms with Crippen molar-refractivity contribution in [2.24, 2.45) is 16.0 Å². The van der Waals surface area contributed by atoms with Crippen LogP contribution in [-0.4, -0.2) is 20.6 Å². The lowest BCUT2D eigenvalue weighted by Crippen LogP contribution is -2.28. The van der Waals surface area contributed by atoms with E-state index in [1.54, 1.807) is 12.1 Å². The van der Waals surface area contributed by atoms with Crippen LogP contribution < -0.4 is 11.2 Å². The van der Waals surface area contributed by atoms with E-state index in [4.69, 9.17) is 5.73 Å². The molecule has 3 N–H and O–H groups in total. The molecule has 7 nitrogen and oxygen atoms in total. The molecule has 0 saturated heterocycles. The second-order valence-electron chi connectivity index (χ2n) is 4.60. The first-order valence-electron chi connectivity index (χ1n) is 6.65. The minimum absolute atomic E-state index is 0.00700. The van der Waals surface area contributed by atoms with E-state index in [-0.39, 0.29) is 10.9 Å². The molecule has 120 valence electrons. The zero-order valence-electron chi connectivity index (χ0n) is 12.4. The molecule has 0 bridgehead atoms. The number of hydrogen-bond acceptors (Lipinski definition) is 5. The van der Waals surface area contributed by atoms with Gasteiger partial charge in [-0.3, -0.25) is 4.28 Å². The van der Waals surface area contributed by atoms with Crippen molar-refractivity contribution >= 4 is 22.3 Å². The number of oxime groups is 1. The number of nitrogens with zero attached hydrogens (tertiary/aromatic N) is 2. The molecule has 0 spiro atoms. The second-order valence-corrected chi connectivity index (χ2v) is 6.13. The first kappa shape index (κ1) is 16.5. The van der Waals surface area contributed by atoms with E-state index in [0.717, 1.165) is 11.1 Å². The number of benzene rings is 2. The van der Waals surface area contributed by atoms with Crippen molar-refractivity contribution < 1.29 is 12.7 Å². The predicted octanol–water partition coefficient (Wildman–Crippen LogP) is 1.55. The average Bonchev–Trinajstić information content (AvgIpc) is 2.54. The maximum atomic E-state index is 11.9. The SMILES string of the molecule is Cc1ccc(S(=O)(=O)ON=C(N)NN=Cc2ccccc2)cc1. The van der Waals surface area contributed by atoms with Crippen LogP contribution in [0.3, 0.4) is 0 Å². The van der Waals surface area contributed by atoms with Gasteiger partial charge in [0.05, 0.1) is 6.21 Å². The van der Waals surface area contributed by atoms with Crippen LogP contribution in [-0.2, 0) is 14.4 Å². The van der Waals surface area contributed by atoms with E-state index in [9.17, 15) is 8.42 Å². The number of nitrogens with one attached hydrogen (secondary N) is 1. The average molecular weight is 332 g/mol. The van der Waals surface area contributed by atoms with Gasteiger partial charge in [0.1, 0.15) is 4.90 Å². The lowest BCUT2D eigenvalue weighted by molar-refractivity contribution is 0.336. The van der Waals surface area contributed by atoms with Crippen molar-refractivity contribution in [2.75, 3.05) is 0 Å². The minimum atomic E-state index is -4.01. The van der Waals surface area contributed by atoms with Crippen LogP contribution in [0.25, 0.3) is 0 Å². The summed E-state index contributed by atoms with van der Waals surface area (Å²) in [5.41, 5.74) is 9.64. The highest BCUT2D eigenvalue weighted by molar-refractivity contribution is 7.86. The number of hydrazone groups is 1. The van der Waals surface area contributed by atoms with Gasteiger partial charge in [0.15, 0.2) is 0 Å². The highest BCUT2D eigenvalue weighted by Gasteiger charge is 2.15. The molecular formula is C15H16N4O3S. The zero-order chi connectivity index (χ0) is 16.7. The van der Waals surface area contributed by atoms with Gasteiger partial charge in [0.25, 0.3) is 5.96 Å². The quantitative estimate of drug-likeness (QED) is 0.491. The van der Waals surface area contributed by atoms with E-state index >= 15 is 0 Å². The Labute approximate surface area is 134 Å². The number of nitrogens with two attached hydrogens (primary N) is 1. The summed E-state index contributed by atoms with van der Waals surface area (Å²) in [5.74, 6) is -0.284. The molecular weight excluding hydrogens is 316 g/mol. The molecule has 0 fully saturated rings. The third-order valence-electron chi connectivity index (χ3n) is 2.74. The molecule has 0 aliphatic heterocycles. The van der Waals surface area contributed by atoms with Gasteiger partial charge >= 0.3 is 10.1 Å². The first-order valence-corrected chi connectivity index (χ1v) is 8.06.